The zero-order valence-electron chi connectivity index (χ0n) is 20.3. The van der Waals surface area contributed by atoms with Gasteiger partial charge in [0.2, 0.25) is 0 Å². The number of nitrogens with zero attached hydrogens (tertiary/aromatic N) is 2. The van der Waals surface area contributed by atoms with Crippen molar-refractivity contribution in [2.75, 3.05) is 4.90 Å². The Kier molecular flexibility index (Phi) is 6.33. The zero-order chi connectivity index (χ0) is 25.1. The molecule has 0 aromatic heterocycles. The SMILES string of the molecule is Cc1ccc(-c2ccccc2)cc1N(c1cccc([N+](=O)[O-])c1)c1cc(-c2ccccc2)ccc1C. The summed E-state index contributed by atoms with van der Waals surface area (Å²) in [7, 11) is 0. The molecule has 5 aromatic carbocycles. The molecule has 0 saturated carbocycles. The van der Waals surface area contributed by atoms with E-state index < -0.39 is 0 Å². The maximum Gasteiger partial charge on any atom is 0.271 e. The van der Waals surface area contributed by atoms with Gasteiger partial charge in [0.25, 0.3) is 5.69 Å². The molecule has 176 valence electrons. The lowest BCUT2D eigenvalue weighted by Crippen LogP contribution is -2.13. The van der Waals surface area contributed by atoms with Gasteiger partial charge in [-0.05, 0) is 65.4 Å². The molecule has 0 amide bonds. The van der Waals surface area contributed by atoms with Gasteiger partial charge in [-0.2, -0.15) is 0 Å². The van der Waals surface area contributed by atoms with Crippen LogP contribution in [0.15, 0.2) is 121 Å². The molecular formula is C32H26N2O2. The average Bonchev–Trinajstić information content (AvgIpc) is 2.92. The maximum absolute atomic E-state index is 11.6. The monoisotopic (exact) mass is 470 g/mol. The number of benzene rings is 5. The number of aryl methyl sites for hydroxylation is 2. The molecule has 0 atom stereocenters. The molecule has 0 bridgehead atoms. The fourth-order valence-electron chi connectivity index (χ4n) is 4.47. The van der Waals surface area contributed by atoms with Crippen LogP contribution >= 0.6 is 0 Å². The third-order valence-electron chi connectivity index (χ3n) is 6.41. The fourth-order valence-corrected chi connectivity index (χ4v) is 4.47. The predicted molar refractivity (Wildman–Crippen MR) is 148 cm³/mol. The number of hydrogen-bond acceptors (Lipinski definition) is 3. The second kappa shape index (κ2) is 9.88. The van der Waals surface area contributed by atoms with Crippen molar-refractivity contribution in [3.63, 3.8) is 0 Å². The first kappa shape index (κ1) is 23.1. The summed E-state index contributed by atoms with van der Waals surface area (Å²) in [5, 5.41) is 11.6. The van der Waals surface area contributed by atoms with Crippen LogP contribution in [0.3, 0.4) is 0 Å². The lowest BCUT2D eigenvalue weighted by Gasteiger charge is -2.29. The van der Waals surface area contributed by atoms with Crippen LogP contribution in [-0.4, -0.2) is 4.92 Å². The number of nitro benzene ring substituents is 1. The Balaban J connectivity index is 1.75. The van der Waals surface area contributed by atoms with E-state index in [1.165, 1.54) is 6.07 Å². The highest BCUT2D eigenvalue weighted by molar-refractivity contribution is 5.85. The molecule has 0 N–H and O–H groups in total. The van der Waals surface area contributed by atoms with E-state index in [4.69, 9.17) is 0 Å². The Bertz CT molecular complexity index is 1440. The molecule has 4 heteroatoms. The smallest absolute Gasteiger partial charge is 0.271 e. The predicted octanol–water partition coefficient (Wildman–Crippen LogP) is 9.02. The molecule has 0 unspecified atom stereocenters. The van der Waals surface area contributed by atoms with E-state index in [9.17, 15) is 10.1 Å². The molecule has 0 aliphatic heterocycles. The molecule has 0 saturated heterocycles. The number of anilines is 3. The molecule has 0 aliphatic rings. The molecule has 0 fully saturated rings. The molecule has 5 aromatic rings. The Morgan fingerprint density at radius 2 is 1.06 bits per heavy atom. The van der Waals surface area contributed by atoms with Crippen LogP contribution in [0.25, 0.3) is 22.3 Å². The summed E-state index contributed by atoms with van der Waals surface area (Å²) in [5.74, 6) is 0. The number of hydrogen-bond donors (Lipinski definition) is 0. The number of non-ortho nitro benzene ring substituents is 1. The van der Waals surface area contributed by atoms with Crippen molar-refractivity contribution in [2.24, 2.45) is 0 Å². The maximum atomic E-state index is 11.6. The van der Waals surface area contributed by atoms with Crippen molar-refractivity contribution in [1.29, 1.82) is 0 Å². The highest BCUT2D eigenvalue weighted by Gasteiger charge is 2.20. The number of nitro groups is 1. The molecule has 0 aliphatic carbocycles. The molecule has 0 heterocycles. The highest BCUT2D eigenvalue weighted by Crippen LogP contribution is 2.42. The second-order valence-corrected chi connectivity index (χ2v) is 8.85. The molecule has 4 nitrogen and oxygen atoms in total. The summed E-state index contributed by atoms with van der Waals surface area (Å²) in [5.41, 5.74) is 9.32. The van der Waals surface area contributed by atoms with E-state index in [1.54, 1.807) is 12.1 Å². The van der Waals surface area contributed by atoms with E-state index >= 15 is 0 Å². The quantitative estimate of drug-likeness (QED) is 0.184. The first-order chi connectivity index (χ1) is 17.5. The van der Waals surface area contributed by atoms with Gasteiger partial charge >= 0.3 is 0 Å². The van der Waals surface area contributed by atoms with Gasteiger partial charge in [-0.25, -0.2) is 0 Å². The minimum atomic E-state index is -0.345. The van der Waals surface area contributed by atoms with E-state index in [0.29, 0.717) is 0 Å². The lowest BCUT2D eigenvalue weighted by molar-refractivity contribution is -0.384. The van der Waals surface area contributed by atoms with Crippen LogP contribution in [0, 0.1) is 24.0 Å². The van der Waals surface area contributed by atoms with Gasteiger partial charge in [0.05, 0.1) is 10.6 Å². The Labute approximate surface area is 211 Å². The Morgan fingerprint density at radius 3 is 1.53 bits per heavy atom. The van der Waals surface area contributed by atoms with Gasteiger partial charge in [-0.15, -0.1) is 0 Å². The van der Waals surface area contributed by atoms with Crippen molar-refractivity contribution in [3.05, 3.63) is 143 Å². The van der Waals surface area contributed by atoms with Crippen molar-refractivity contribution in [1.82, 2.24) is 0 Å². The first-order valence-electron chi connectivity index (χ1n) is 11.9. The topological polar surface area (TPSA) is 46.4 Å². The van der Waals surface area contributed by atoms with Gasteiger partial charge in [0.15, 0.2) is 0 Å². The van der Waals surface area contributed by atoms with Crippen molar-refractivity contribution in [3.8, 4) is 22.3 Å². The summed E-state index contributed by atoms with van der Waals surface area (Å²) < 4.78 is 0. The molecule has 36 heavy (non-hydrogen) atoms. The summed E-state index contributed by atoms with van der Waals surface area (Å²) in [4.78, 5) is 13.4. The van der Waals surface area contributed by atoms with Gasteiger partial charge in [-0.1, -0.05) is 91.0 Å². The molecule has 0 radical (unpaired) electrons. The van der Waals surface area contributed by atoms with E-state index in [0.717, 1.165) is 50.4 Å². The van der Waals surface area contributed by atoms with Gasteiger partial charge in [0.1, 0.15) is 0 Å². The summed E-state index contributed by atoms with van der Waals surface area (Å²) >= 11 is 0. The standard InChI is InChI=1S/C32H26N2O2/c1-23-16-18-27(25-10-5-3-6-11-25)20-31(23)33(29-14-9-15-30(22-29)34(35)36)32-21-28(19-17-24(32)2)26-12-7-4-8-13-26/h3-22H,1-2H3. The van der Waals surface area contributed by atoms with Crippen LogP contribution < -0.4 is 4.90 Å². The normalized spacial score (nSPS) is 10.7. The Morgan fingerprint density at radius 1 is 0.556 bits per heavy atom. The van der Waals surface area contributed by atoms with Gasteiger partial charge < -0.3 is 4.90 Å². The molecule has 0 spiro atoms. The van der Waals surface area contributed by atoms with Crippen LogP contribution in [0.2, 0.25) is 0 Å². The van der Waals surface area contributed by atoms with E-state index in [1.807, 2.05) is 42.5 Å². The average molecular weight is 471 g/mol. The van der Waals surface area contributed by atoms with Crippen LogP contribution in [0.4, 0.5) is 22.7 Å². The number of rotatable bonds is 6. The second-order valence-electron chi connectivity index (χ2n) is 8.85. The van der Waals surface area contributed by atoms with Gasteiger partial charge in [0, 0.05) is 23.5 Å². The first-order valence-corrected chi connectivity index (χ1v) is 11.9. The summed E-state index contributed by atoms with van der Waals surface area (Å²) in [6, 6.07) is 40.1. The lowest BCUT2D eigenvalue weighted by atomic mass is 9.99. The van der Waals surface area contributed by atoms with Crippen LogP contribution in [0.1, 0.15) is 11.1 Å². The third kappa shape index (κ3) is 4.62. The van der Waals surface area contributed by atoms with Crippen LogP contribution in [0.5, 0.6) is 0 Å². The minimum Gasteiger partial charge on any atom is -0.310 e. The third-order valence-corrected chi connectivity index (χ3v) is 6.41. The zero-order valence-corrected chi connectivity index (χ0v) is 20.3. The minimum absolute atomic E-state index is 0.0613. The summed E-state index contributed by atoms with van der Waals surface area (Å²) in [6.45, 7) is 4.15. The van der Waals surface area contributed by atoms with Crippen molar-refractivity contribution >= 4 is 22.7 Å². The molecular weight excluding hydrogens is 444 g/mol. The van der Waals surface area contributed by atoms with Crippen molar-refractivity contribution < 1.29 is 4.92 Å². The van der Waals surface area contributed by atoms with Crippen LogP contribution in [-0.2, 0) is 0 Å². The highest BCUT2D eigenvalue weighted by atomic mass is 16.6. The largest absolute Gasteiger partial charge is 0.310 e. The Hall–Kier alpha value is -4.70. The fraction of sp³-hybridized carbons (Fsp3) is 0.0625. The summed E-state index contributed by atoms with van der Waals surface area (Å²) in [6.07, 6.45) is 0. The van der Waals surface area contributed by atoms with E-state index in [2.05, 4.69) is 79.4 Å². The molecule has 5 rings (SSSR count). The van der Waals surface area contributed by atoms with Gasteiger partial charge in [-0.3, -0.25) is 10.1 Å². The van der Waals surface area contributed by atoms with E-state index in [-0.39, 0.29) is 10.6 Å². The van der Waals surface area contributed by atoms with Crippen molar-refractivity contribution in [2.45, 2.75) is 13.8 Å².